The van der Waals surface area contributed by atoms with E-state index in [2.05, 4.69) is 13.2 Å². The van der Waals surface area contributed by atoms with E-state index in [0.717, 1.165) is 6.92 Å². The molecule has 0 spiro atoms. The summed E-state index contributed by atoms with van der Waals surface area (Å²) in [7, 11) is 0. The predicted molar refractivity (Wildman–Crippen MR) is 73.9 cm³/mol. The SMILES string of the molecule is C=C(C)C(=O)OC(C)(OC(=O)C(=C)C)C(CO)(CO)CO. The Morgan fingerprint density at radius 2 is 1.19 bits per heavy atom. The van der Waals surface area contributed by atoms with Gasteiger partial charge in [0, 0.05) is 18.1 Å². The predicted octanol–water partition coefficient (Wildman–Crippen LogP) is -0.0955. The van der Waals surface area contributed by atoms with Crippen molar-refractivity contribution in [1.82, 2.24) is 0 Å². The van der Waals surface area contributed by atoms with E-state index in [-0.39, 0.29) is 11.1 Å². The molecule has 7 heteroatoms. The number of hydrogen-bond acceptors (Lipinski definition) is 7. The van der Waals surface area contributed by atoms with Gasteiger partial charge in [0.2, 0.25) is 0 Å². The molecule has 21 heavy (non-hydrogen) atoms. The van der Waals surface area contributed by atoms with Crippen LogP contribution in [0.3, 0.4) is 0 Å². The number of aliphatic hydroxyl groups is 3. The summed E-state index contributed by atoms with van der Waals surface area (Å²) in [5.41, 5.74) is -1.74. The van der Waals surface area contributed by atoms with Gasteiger partial charge in [0.25, 0.3) is 5.79 Å². The first kappa shape index (κ1) is 19.3. The average Bonchev–Trinajstić information content (AvgIpc) is 2.40. The Labute approximate surface area is 123 Å². The van der Waals surface area contributed by atoms with Crippen LogP contribution in [0.15, 0.2) is 24.3 Å². The molecule has 7 nitrogen and oxygen atoms in total. The fraction of sp³-hybridized carbons (Fsp3) is 0.571. The Bertz CT molecular complexity index is 398. The summed E-state index contributed by atoms with van der Waals surface area (Å²) in [6.45, 7) is 8.34. The van der Waals surface area contributed by atoms with Crippen LogP contribution < -0.4 is 0 Å². The van der Waals surface area contributed by atoms with Crippen molar-refractivity contribution in [2.45, 2.75) is 26.6 Å². The Hall–Kier alpha value is -1.70. The van der Waals surface area contributed by atoms with E-state index in [0.29, 0.717) is 0 Å². The zero-order valence-corrected chi connectivity index (χ0v) is 12.5. The summed E-state index contributed by atoms with van der Waals surface area (Å²) in [6, 6.07) is 0. The summed E-state index contributed by atoms with van der Waals surface area (Å²) >= 11 is 0. The number of rotatable bonds is 8. The highest BCUT2D eigenvalue weighted by Crippen LogP contribution is 2.36. The number of carbonyl (C=O) groups excluding carboxylic acids is 2. The van der Waals surface area contributed by atoms with Gasteiger partial charge in [-0.25, -0.2) is 9.59 Å². The number of carbonyl (C=O) groups is 2. The maximum Gasteiger partial charge on any atom is 0.336 e. The van der Waals surface area contributed by atoms with Crippen molar-refractivity contribution < 1.29 is 34.4 Å². The maximum atomic E-state index is 11.7. The van der Waals surface area contributed by atoms with Gasteiger partial charge in [-0.2, -0.15) is 0 Å². The van der Waals surface area contributed by atoms with E-state index < -0.39 is 43.0 Å². The van der Waals surface area contributed by atoms with Crippen molar-refractivity contribution in [3.63, 3.8) is 0 Å². The Kier molecular flexibility index (Phi) is 6.75. The topological polar surface area (TPSA) is 113 Å². The fourth-order valence-electron chi connectivity index (χ4n) is 1.35. The highest BCUT2D eigenvalue weighted by atomic mass is 16.7. The van der Waals surface area contributed by atoms with Crippen molar-refractivity contribution in [2.24, 2.45) is 5.41 Å². The van der Waals surface area contributed by atoms with E-state index in [1.54, 1.807) is 0 Å². The highest BCUT2D eigenvalue weighted by molar-refractivity contribution is 5.89. The summed E-state index contributed by atoms with van der Waals surface area (Å²) < 4.78 is 10.1. The third-order valence-corrected chi connectivity index (χ3v) is 3.14. The van der Waals surface area contributed by atoms with Crippen LogP contribution >= 0.6 is 0 Å². The number of ether oxygens (including phenoxy) is 2. The molecule has 0 aliphatic carbocycles. The van der Waals surface area contributed by atoms with Crippen LogP contribution in [0.2, 0.25) is 0 Å². The van der Waals surface area contributed by atoms with Gasteiger partial charge in [-0.1, -0.05) is 13.2 Å². The molecule has 0 heterocycles. The fourth-order valence-corrected chi connectivity index (χ4v) is 1.35. The molecular weight excluding hydrogens is 280 g/mol. The van der Waals surface area contributed by atoms with Gasteiger partial charge < -0.3 is 24.8 Å². The summed E-state index contributed by atoms with van der Waals surface area (Å²) in [5, 5.41) is 28.4. The molecular formula is C14H22O7. The second kappa shape index (κ2) is 7.35. The zero-order valence-electron chi connectivity index (χ0n) is 12.5. The first-order valence-electron chi connectivity index (χ1n) is 6.19. The van der Waals surface area contributed by atoms with Gasteiger partial charge in [0.1, 0.15) is 5.41 Å². The zero-order chi connectivity index (χ0) is 16.8. The van der Waals surface area contributed by atoms with Gasteiger partial charge in [-0.05, 0) is 13.8 Å². The molecule has 0 saturated heterocycles. The summed E-state index contributed by atoms with van der Waals surface area (Å²) in [6.07, 6.45) is 0. The molecule has 0 unspecified atom stereocenters. The van der Waals surface area contributed by atoms with E-state index in [1.807, 2.05) is 0 Å². The van der Waals surface area contributed by atoms with Gasteiger partial charge in [0.15, 0.2) is 0 Å². The quantitative estimate of drug-likeness (QED) is 0.326. The summed E-state index contributed by atoms with van der Waals surface area (Å²) in [4.78, 5) is 23.4. The molecule has 0 rings (SSSR count). The number of aliphatic hydroxyl groups excluding tert-OH is 3. The van der Waals surface area contributed by atoms with Crippen molar-refractivity contribution in [2.75, 3.05) is 19.8 Å². The minimum atomic E-state index is -2.10. The second-order valence-corrected chi connectivity index (χ2v) is 5.04. The molecule has 0 atom stereocenters. The molecule has 0 aromatic rings. The van der Waals surface area contributed by atoms with Crippen LogP contribution in [0.25, 0.3) is 0 Å². The van der Waals surface area contributed by atoms with Crippen molar-refractivity contribution >= 4 is 11.9 Å². The third kappa shape index (κ3) is 4.13. The molecule has 120 valence electrons. The lowest BCUT2D eigenvalue weighted by atomic mass is 9.81. The van der Waals surface area contributed by atoms with E-state index in [1.165, 1.54) is 13.8 Å². The molecule has 0 aromatic carbocycles. The number of esters is 2. The standard InChI is InChI=1S/C14H22O7/c1-9(2)11(18)20-13(5,21-12(19)10(3)4)14(6-15,7-16)8-17/h15-17H,1,3,6-8H2,2,4-5H3. The van der Waals surface area contributed by atoms with Gasteiger partial charge in [0.05, 0.1) is 19.8 Å². The molecule has 0 aliphatic rings. The molecule has 0 bridgehead atoms. The van der Waals surface area contributed by atoms with Crippen LogP contribution in [0.5, 0.6) is 0 Å². The molecule has 3 N–H and O–H groups in total. The van der Waals surface area contributed by atoms with E-state index >= 15 is 0 Å². The third-order valence-electron chi connectivity index (χ3n) is 3.14. The summed E-state index contributed by atoms with van der Waals surface area (Å²) in [5.74, 6) is -3.89. The molecule has 0 amide bonds. The smallest absolute Gasteiger partial charge is 0.336 e. The molecule has 0 aromatic heterocycles. The lowest BCUT2D eigenvalue weighted by Crippen LogP contribution is -2.58. The maximum absolute atomic E-state index is 11.7. The van der Waals surface area contributed by atoms with Crippen LogP contribution in [0.1, 0.15) is 20.8 Å². The monoisotopic (exact) mass is 302 g/mol. The number of hydrogen-bond donors (Lipinski definition) is 3. The highest BCUT2D eigenvalue weighted by Gasteiger charge is 2.54. The minimum Gasteiger partial charge on any atom is -0.419 e. The van der Waals surface area contributed by atoms with Crippen LogP contribution in [0, 0.1) is 5.41 Å². The van der Waals surface area contributed by atoms with Crippen LogP contribution in [0.4, 0.5) is 0 Å². The van der Waals surface area contributed by atoms with Crippen molar-refractivity contribution in [1.29, 1.82) is 0 Å². The molecule has 0 saturated carbocycles. The second-order valence-electron chi connectivity index (χ2n) is 5.04. The van der Waals surface area contributed by atoms with Gasteiger partial charge >= 0.3 is 11.9 Å². The minimum absolute atomic E-state index is 0.0234. The average molecular weight is 302 g/mol. The lowest BCUT2D eigenvalue weighted by molar-refractivity contribution is -0.281. The molecule has 0 fully saturated rings. The Morgan fingerprint density at radius 3 is 1.38 bits per heavy atom. The van der Waals surface area contributed by atoms with Crippen LogP contribution in [-0.2, 0) is 19.1 Å². The van der Waals surface area contributed by atoms with Crippen LogP contribution in [-0.4, -0.2) is 52.9 Å². The van der Waals surface area contributed by atoms with Gasteiger partial charge in [-0.3, -0.25) is 0 Å². The van der Waals surface area contributed by atoms with E-state index in [9.17, 15) is 24.9 Å². The van der Waals surface area contributed by atoms with Gasteiger partial charge in [-0.15, -0.1) is 0 Å². The first-order chi connectivity index (χ1) is 9.59. The largest absolute Gasteiger partial charge is 0.419 e. The normalized spacial score (nSPS) is 11.7. The Morgan fingerprint density at radius 1 is 0.905 bits per heavy atom. The van der Waals surface area contributed by atoms with E-state index in [4.69, 9.17) is 9.47 Å². The molecule has 0 radical (unpaired) electrons. The first-order valence-corrected chi connectivity index (χ1v) is 6.19. The molecule has 0 aliphatic heterocycles. The van der Waals surface area contributed by atoms with Crippen molar-refractivity contribution in [3.05, 3.63) is 24.3 Å². The Balaban J connectivity index is 5.73. The lowest BCUT2D eigenvalue weighted by Gasteiger charge is -2.43. The van der Waals surface area contributed by atoms with Crippen molar-refractivity contribution in [3.8, 4) is 0 Å².